The van der Waals surface area contributed by atoms with E-state index < -0.39 is 42.1 Å². The van der Waals surface area contributed by atoms with Crippen LogP contribution in [0.5, 0.6) is 0 Å². The molecule has 0 aromatic rings. The molecule has 0 aliphatic heterocycles. The molecule has 0 aliphatic rings. The van der Waals surface area contributed by atoms with E-state index in [1.54, 1.807) is 0 Å². The monoisotopic (exact) mass is 659 g/mol. The van der Waals surface area contributed by atoms with Crippen molar-refractivity contribution in [3.05, 3.63) is 0 Å². The van der Waals surface area contributed by atoms with Crippen LogP contribution in [0.1, 0.15) is 124 Å². The fourth-order valence-electron chi connectivity index (χ4n) is 4.20. The average molecular weight is 660 g/mol. The molecular formula is C33H57NO12. The number of unbranched alkanes of at least 4 members (excludes halogenated alkanes) is 10. The number of rotatable bonds is 31. The van der Waals surface area contributed by atoms with Gasteiger partial charge in [0.05, 0.1) is 12.8 Å². The number of hydrogen-bond donors (Lipinski definition) is 1. The highest BCUT2D eigenvalue weighted by Crippen LogP contribution is 2.09. The van der Waals surface area contributed by atoms with Gasteiger partial charge in [-0.2, -0.15) is 0 Å². The highest BCUT2D eigenvalue weighted by Gasteiger charge is 2.20. The molecule has 0 fully saturated rings. The van der Waals surface area contributed by atoms with Gasteiger partial charge in [0.15, 0.2) is 12.2 Å². The fraction of sp³-hybridized carbons (Fsp3) is 0.818. The van der Waals surface area contributed by atoms with Crippen molar-refractivity contribution in [1.82, 2.24) is 5.32 Å². The van der Waals surface area contributed by atoms with Gasteiger partial charge in [0.2, 0.25) is 0 Å². The Kier molecular flexibility index (Phi) is 28.3. The fourth-order valence-corrected chi connectivity index (χ4v) is 4.20. The number of nitrogens with one attached hydrogen (secondary N) is 1. The van der Waals surface area contributed by atoms with Crippen LogP contribution in [0.3, 0.4) is 0 Å². The number of hydrogen-bond acceptors (Lipinski definition) is 13. The minimum absolute atomic E-state index is 0.0536. The Labute approximate surface area is 274 Å². The molecular weight excluding hydrogens is 602 g/mol. The van der Waals surface area contributed by atoms with Crippen molar-refractivity contribution in [2.45, 2.75) is 136 Å². The van der Waals surface area contributed by atoms with Gasteiger partial charge < -0.3 is 33.7 Å². The van der Waals surface area contributed by atoms with Crippen LogP contribution < -0.4 is 5.32 Å². The Morgan fingerprint density at radius 2 is 0.957 bits per heavy atom. The summed E-state index contributed by atoms with van der Waals surface area (Å²) in [6.45, 7) is 5.13. The lowest BCUT2D eigenvalue weighted by Gasteiger charge is -2.18. The first kappa shape index (κ1) is 42.8. The summed E-state index contributed by atoms with van der Waals surface area (Å²) in [5.41, 5.74) is 0. The number of esters is 5. The van der Waals surface area contributed by atoms with Crippen LogP contribution in [0.25, 0.3) is 0 Å². The smallest absolute Gasteiger partial charge is 0.307 e. The molecule has 0 saturated heterocycles. The molecule has 46 heavy (non-hydrogen) atoms. The third-order valence-corrected chi connectivity index (χ3v) is 6.76. The second-order valence-corrected chi connectivity index (χ2v) is 11.1. The molecule has 266 valence electrons. The molecule has 0 heterocycles. The second-order valence-electron chi connectivity index (χ2n) is 11.1. The SMILES string of the molecule is CCCCCCCCC(=O)OCC(COC=O)OC(=O)CCNCCC(=O)OC(COC(C)=O)COC(=O)CCCCCCCC. The molecule has 0 bridgehead atoms. The minimum Gasteiger partial charge on any atom is -0.464 e. The summed E-state index contributed by atoms with van der Waals surface area (Å²) in [6, 6.07) is 0. The molecule has 0 rings (SSSR count). The molecule has 0 aromatic carbocycles. The van der Waals surface area contributed by atoms with Gasteiger partial charge in [0, 0.05) is 32.9 Å². The van der Waals surface area contributed by atoms with Crippen molar-refractivity contribution in [3.8, 4) is 0 Å². The molecule has 0 saturated carbocycles. The lowest BCUT2D eigenvalue weighted by atomic mass is 10.1. The second kappa shape index (κ2) is 30.4. The van der Waals surface area contributed by atoms with E-state index >= 15 is 0 Å². The predicted octanol–water partition coefficient (Wildman–Crippen LogP) is 4.50. The van der Waals surface area contributed by atoms with E-state index in [2.05, 4.69) is 23.9 Å². The molecule has 2 unspecified atom stereocenters. The van der Waals surface area contributed by atoms with Gasteiger partial charge in [-0.1, -0.05) is 78.1 Å². The van der Waals surface area contributed by atoms with Crippen LogP contribution in [0, 0.1) is 0 Å². The van der Waals surface area contributed by atoms with Crippen molar-refractivity contribution >= 4 is 36.3 Å². The van der Waals surface area contributed by atoms with E-state index in [1.807, 2.05) is 0 Å². The van der Waals surface area contributed by atoms with Crippen LogP contribution in [-0.4, -0.2) is 88.0 Å². The third-order valence-electron chi connectivity index (χ3n) is 6.76. The largest absolute Gasteiger partial charge is 0.464 e. The zero-order chi connectivity index (χ0) is 34.3. The van der Waals surface area contributed by atoms with Crippen molar-refractivity contribution in [2.24, 2.45) is 0 Å². The van der Waals surface area contributed by atoms with E-state index in [1.165, 1.54) is 19.8 Å². The van der Waals surface area contributed by atoms with Crippen molar-refractivity contribution in [1.29, 1.82) is 0 Å². The number of ether oxygens (including phenoxy) is 6. The Morgan fingerprint density at radius 3 is 1.39 bits per heavy atom. The highest BCUT2D eigenvalue weighted by atomic mass is 16.6. The lowest BCUT2D eigenvalue weighted by Crippen LogP contribution is -2.32. The first-order valence-corrected chi connectivity index (χ1v) is 16.8. The maximum absolute atomic E-state index is 12.3. The average Bonchev–Trinajstić information content (AvgIpc) is 3.02. The van der Waals surface area contributed by atoms with Crippen LogP contribution in [-0.2, 0) is 57.2 Å². The van der Waals surface area contributed by atoms with Gasteiger partial charge in [-0.05, 0) is 12.8 Å². The maximum atomic E-state index is 12.3. The summed E-state index contributed by atoms with van der Waals surface area (Å²) >= 11 is 0. The van der Waals surface area contributed by atoms with Crippen LogP contribution >= 0.6 is 0 Å². The number of carbonyl (C=O) groups is 6. The maximum Gasteiger partial charge on any atom is 0.307 e. The van der Waals surface area contributed by atoms with Crippen molar-refractivity contribution in [3.63, 3.8) is 0 Å². The summed E-state index contributed by atoms with van der Waals surface area (Å²) in [5.74, 6) is -2.57. The highest BCUT2D eigenvalue weighted by molar-refractivity contribution is 5.71. The lowest BCUT2D eigenvalue weighted by molar-refractivity contribution is -0.166. The van der Waals surface area contributed by atoms with Crippen molar-refractivity contribution in [2.75, 3.05) is 39.5 Å². The summed E-state index contributed by atoms with van der Waals surface area (Å²) in [6.07, 6.45) is 10.9. The first-order chi connectivity index (χ1) is 22.2. The Bertz CT molecular complexity index is 850. The predicted molar refractivity (Wildman–Crippen MR) is 168 cm³/mol. The summed E-state index contributed by atoms with van der Waals surface area (Å²) < 4.78 is 30.6. The molecule has 0 spiro atoms. The first-order valence-electron chi connectivity index (χ1n) is 16.8. The van der Waals surface area contributed by atoms with Crippen LogP contribution in [0.4, 0.5) is 0 Å². The number of carbonyl (C=O) groups excluding carboxylic acids is 6. The van der Waals surface area contributed by atoms with Gasteiger partial charge >= 0.3 is 29.8 Å². The normalized spacial score (nSPS) is 12.0. The van der Waals surface area contributed by atoms with Gasteiger partial charge in [0.25, 0.3) is 6.47 Å². The standard InChI is InChI=1S/C33H57NO12/c1-4-6-8-10-12-14-16-30(37)43-24-28(22-41-26-35)45-32(39)18-20-34-21-19-33(40)46-29(23-42-27(3)36)25-44-31(38)17-15-13-11-9-7-5-2/h26,28-29,34H,4-25H2,1-3H3. The molecule has 1 N–H and O–H groups in total. The summed E-state index contributed by atoms with van der Waals surface area (Å²) in [4.78, 5) is 70.4. The molecule has 13 nitrogen and oxygen atoms in total. The Morgan fingerprint density at radius 1 is 0.543 bits per heavy atom. The van der Waals surface area contributed by atoms with Crippen molar-refractivity contribution < 1.29 is 57.2 Å². The zero-order valence-corrected chi connectivity index (χ0v) is 28.2. The quantitative estimate of drug-likeness (QED) is 0.0478. The van der Waals surface area contributed by atoms with Gasteiger partial charge in [-0.3, -0.25) is 28.8 Å². The van der Waals surface area contributed by atoms with E-state index in [9.17, 15) is 28.8 Å². The van der Waals surface area contributed by atoms with E-state index in [-0.39, 0.29) is 71.7 Å². The molecule has 0 radical (unpaired) electrons. The molecule has 0 amide bonds. The molecule has 2 atom stereocenters. The van der Waals surface area contributed by atoms with E-state index in [0.717, 1.165) is 64.2 Å². The molecule has 13 heteroatoms. The van der Waals surface area contributed by atoms with Gasteiger partial charge in [-0.25, -0.2) is 0 Å². The Balaban J connectivity index is 4.34. The topological polar surface area (TPSA) is 170 Å². The van der Waals surface area contributed by atoms with E-state index in [0.29, 0.717) is 0 Å². The van der Waals surface area contributed by atoms with Crippen LogP contribution in [0.15, 0.2) is 0 Å². The van der Waals surface area contributed by atoms with Gasteiger partial charge in [-0.15, -0.1) is 0 Å². The Hall–Kier alpha value is -3.22. The summed E-state index contributed by atoms with van der Waals surface area (Å²) in [7, 11) is 0. The summed E-state index contributed by atoms with van der Waals surface area (Å²) in [5, 5.41) is 2.92. The molecule has 0 aliphatic carbocycles. The molecule has 0 aromatic heterocycles. The van der Waals surface area contributed by atoms with Gasteiger partial charge in [0.1, 0.15) is 26.4 Å². The minimum atomic E-state index is -0.940. The zero-order valence-electron chi connectivity index (χ0n) is 28.2. The van der Waals surface area contributed by atoms with Crippen LogP contribution in [0.2, 0.25) is 0 Å². The van der Waals surface area contributed by atoms with E-state index in [4.69, 9.17) is 23.7 Å². The third kappa shape index (κ3) is 28.3.